The lowest BCUT2D eigenvalue weighted by Gasteiger charge is -2.29. The van der Waals surface area contributed by atoms with Crippen LogP contribution in [0.1, 0.15) is 12.0 Å². The molecule has 11 aromatic rings. The topological polar surface area (TPSA) is 42.0 Å². The highest BCUT2D eigenvalue weighted by molar-refractivity contribution is 6.30. The van der Waals surface area contributed by atoms with E-state index < -0.39 is 0 Å². The highest BCUT2D eigenvalue weighted by Crippen LogP contribution is 2.47. The molecule has 0 saturated heterocycles. The Hall–Kier alpha value is -8.02. The van der Waals surface area contributed by atoms with Gasteiger partial charge in [-0.2, -0.15) is 0 Å². The molecule has 2 aliphatic rings. The fourth-order valence-corrected chi connectivity index (χ4v) is 9.76. The molecule has 0 fully saturated rings. The molecule has 0 amide bonds. The molecule has 13 rings (SSSR count). The summed E-state index contributed by atoms with van der Waals surface area (Å²) in [5.74, 6) is 0.951. The third-order valence-corrected chi connectivity index (χ3v) is 12.5. The Bertz CT molecular complexity index is 3620. The lowest BCUT2D eigenvalue weighted by atomic mass is 9.94. The Labute approximate surface area is 351 Å². The van der Waals surface area contributed by atoms with E-state index in [9.17, 15) is 0 Å². The van der Waals surface area contributed by atoms with Gasteiger partial charge in [-0.25, -0.2) is 0 Å². The summed E-state index contributed by atoms with van der Waals surface area (Å²) in [5.41, 5.74) is 12.3. The number of allylic oxidation sites excluding steroid dienone is 1. The monoisotopic (exact) mass is 784 g/mol. The molecule has 288 valence electrons. The lowest BCUT2D eigenvalue weighted by Crippen LogP contribution is -2.21. The van der Waals surface area contributed by atoms with Crippen LogP contribution in [0.15, 0.2) is 215 Å². The molecular weight excluding hydrogens is 749 g/mol. The Morgan fingerprint density at radius 1 is 0.410 bits per heavy atom. The number of fused-ring (bicyclic) bond motifs is 14. The first-order valence-corrected chi connectivity index (χ1v) is 20.8. The van der Waals surface area contributed by atoms with E-state index in [0.717, 1.165) is 106 Å². The maximum absolute atomic E-state index is 7.05. The normalized spacial score (nSPS) is 14.7. The first-order valence-electron chi connectivity index (χ1n) is 20.8. The Kier molecular flexibility index (Phi) is 7.36. The van der Waals surface area contributed by atoms with Gasteiger partial charge in [0, 0.05) is 84.7 Å². The van der Waals surface area contributed by atoms with Crippen molar-refractivity contribution in [1.82, 2.24) is 0 Å². The molecule has 0 saturated carbocycles. The first kappa shape index (κ1) is 33.9. The van der Waals surface area contributed by atoms with Gasteiger partial charge in [0.1, 0.15) is 34.2 Å². The van der Waals surface area contributed by atoms with E-state index in [1.54, 1.807) is 0 Å². The number of benzene rings is 9. The van der Waals surface area contributed by atoms with Crippen molar-refractivity contribution in [2.45, 2.75) is 12.5 Å². The zero-order chi connectivity index (χ0) is 40.0. The molecule has 9 aromatic carbocycles. The van der Waals surface area contributed by atoms with E-state index in [-0.39, 0.29) is 6.10 Å². The third kappa shape index (κ3) is 5.27. The molecular formula is C56H36N2O3. The van der Waals surface area contributed by atoms with Crippen molar-refractivity contribution in [3.05, 3.63) is 211 Å². The maximum atomic E-state index is 7.05. The van der Waals surface area contributed by atoms with Crippen molar-refractivity contribution < 1.29 is 13.6 Å². The second kappa shape index (κ2) is 13.2. The number of rotatable bonds is 6. The molecule has 0 N–H and O–H groups in total. The van der Waals surface area contributed by atoms with Crippen LogP contribution in [0.25, 0.3) is 71.0 Å². The van der Waals surface area contributed by atoms with E-state index in [2.05, 4.69) is 192 Å². The van der Waals surface area contributed by atoms with Gasteiger partial charge >= 0.3 is 0 Å². The summed E-state index contributed by atoms with van der Waals surface area (Å²) < 4.78 is 19.6. The Morgan fingerprint density at radius 2 is 1.03 bits per heavy atom. The molecule has 2 aromatic heterocycles. The molecule has 0 bridgehead atoms. The zero-order valence-corrected chi connectivity index (χ0v) is 33.0. The zero-order valence-electron chi connectivity index (χ0n) is 33.0. The van der Waals surface area contributed by atoms with Gasteiger partial charge in [0.25, 0.3) is 0 Å². The van der Waals surface area contributed by atoms with Crippen molar-refractivity contribution in [2.24, 2.45) is 0 Å². The van der Waals surface area contributed by atoms with Crippen molar-refractivity contribution in [3.8, 4) is 5.75 Å². The van der Waals surface area contributed by atoms with Crippen LogP contribution in [0.3, 0.4) is 0 Å². The van der Waals surface area contributed by atoms with Crippen LogP contribution in [-0.4, -0.2) is 6.10 Å². The van der Waals surface area contributed by atoms with Gasteiger partial charge in [-0.05, 0) is 107 Å². The van der Waals surface area contributed by atoms with Crippen LogP contribution in [-0.2, 0) is 0 Å². The van der Waals surface area contributed by atoms with Crippen LogP contribution in [0, 0.1) is 0 Å². The summed E-state index contributed by atoms with van der Waals surface area (Å²) in [6.07, 6.45) is 5.41. The minimum Gasteiger partial charge on any atom is -0.485 e. The lowest BCUT2D eigenvalue weighted by molar-refractivity contribution is 0.278. The molecule has 5 heteroatoms. The molecule has 5 nitrogen and oxygen atoms in total. The van der Waals surface area contributed by atoms with Gasteiger partial charge in [-0.1, -0.05) is 103 Å². The van der Waals surface area contributed by atoms with Crippen LogP contribution in [0.5, 0.6) is 5.75 Å². The molecule has 1 atom stereocenters. The molecule has 1 aliphatic heterocycles. The van der Waals surface area contributed by atoms with Crippen LogP contribution < -0.4 is 14.5 Å². The van der Waals surface area contributed by atoms with Crippen LogP contribution >= 0.6 is 0 Å². The van der Waals surface area contributed by atoms with E-state index in [4.69, 9.17) is 13.6 Å². The van der Waals surface area contributed by atoms with Crippen molar-refractivity contribution in [3.63, 3.8) is 0 Å². The molecule has 61 heavy (non-hydrogen) atoms. The fourth-order valence-electron chi connectivity index (χ4n) is 9.76. The number of furan rings is 2. The number of para-hydroxylation sites is 4. The number of hydrogen-bond acceptors (Lipinski definition) is 5. The van der Waals surface area contributed by atoms with Crippen molar-refractivity contribution >= 4 is 99.4 Å². The maximum Gasteiger partial charge on any atom is 0.143 e. The van der Waals surface area contributed by atoms with Crippen LogP contribution in [0.4, 0.5) is 28.4 Å². The molecule has 1 unspecified atom stereocenters. The fraction of sp³-hybridized carbons (Fsp3) is 0.0357. The summed E-state index contributed by atoms with van der Waals surface area (Å²) in [7, 11) is 0. The number of nitrogens with zero attached hydrogens (tertiary/aromatic N) is 2. The quantitative estimate of drug-likeness (QED) is 0.157. The standard InChI is InChI=1S/C56H36N2O3/c1-3-13-35(14-4-1)57(38-25-29-52-48(32-38)42-18-9-11-21-50(42)59-52)37-23-27-45-47(31-37)41-17-7-8-20-44(41)55-46-28-24-40(34-54(46)61-56(45)55)58(36-15-5-2-6-16-36)39-26-30-53-49(33-39)43-19-10-12-22-51(43)60-53/h1-29,31-34,53H,30H2. The Balaban J connectivity index is 0.980. The number of hydrogen-bond donors (Lipinski definition) is 0. The van der Waals surface area contributed by atoms with Gasteiger partial charge in [0.05, 0.1) is 0 Å². The van der Waals surface area contributed by atoms with E-state index >= 15 is 0 Å². The van der Waals surface area contributed by atoms with E-state index in [1.165, 1.54) is 16.5 Å². The molecule has 1 aliphatic carbocycles. The molecule has 3 heterocycles. The predicted octanol–water partition coefficient (Wildman–Crippen LogP) is 15.5. The van der Waals surface area contributed by atoms with Crippen molar-refractivity contribution in [2.75, 3.05) is 9.80 Å². The average Bonchev–Trinajstić information content (AvgIpc) is 4.01. The third-order valence-electron chi connectivity index (χ3n) is 12.5. The summed E-state index contributed by atoms with van der Waals surface area (Å²) in [6, 6.07) is 66.4. The van der Waals surface area contributed by atoms with Gasteiger partial charge in [-0.3, -0.25) is 0 Å². The largest absolute Gasteiger partial charge is 0.485 e. The van der Waals surface area contributed by atoms with Gasteiger partial charge in [0.2, 0.25) is 0 Å². The number of anilines is 5. The van der Waals surface area contributed by atoms with Crippen LogP contribution in [0.2, 0.25) is 0 Å². The smallest absolute Gasteiger partial charge is 0.143 e. The summed E-state index contributed by atoms with van der Waals surface area (Å²) in [4.78, 5) is 4.66. The minimum atomic E-state index is 0.0268. The highest BCUT2D eigenvalue weighted by atomic mass is 16.5. The number of ether oxygens (including phenoxy) is 1. The second-order valence-corrected chi connectivity index (χ2v) is 15.9. The summed E-state index contributed by atoms with van der Waals surface area (Å²) in [6.45, 7) is 0. The van der Waals surface area contributed by atoms with E-state index in [1.807, 2.05) is 18.2 Å². The van der Waals surface area contributed by atoms with Gasteiger partial charge < -0.3 is 23.4 Å². The highest BCUT2D eigenvalue weighted by Gasteiger charge is 2.32. The van der Waals surface area contributed by atoms with E-state index in [0.29, 0.717) is 0 Å². The Morgan fingerprint density at radius 3 is 1.85 bits per heavy atom. The SMILES string of the molecule is C1=C2c3ccccc3OC2CC=C1N(c1ccccc1)c1ccc2c(c1)oc1c3ccc(N(c4ccccc4)c4ccc5oc6ccccc6c5c4)cc3c3ccccc3c21. The summed E-state index contributed by atoms with van der Waals surface area (Å²) in [5, 5.41) is 8.97. The predicted molar refractivity (Wildman–Crippen MR) is 251 cm³/mol. The molecule has 0 spiro atoms. The second-order valence-electron chi connectivity index (χ2n) is 15.9. The van der Waals surface area contributed by atoms with Gasteiger partial charge in [-0.15, -0.1) is 0 Å². The summed E-state index contributed by atoms with van der Waals surface area (Å²) >= 11 is 0. The average molecular weight is 785 g/mol. The first-order chi connectivity index (χ1) is 30.2. The van der Waals surface area contributed by atoms with Gasteiger partial charge in [0.15, 0.2) is 0 Å². The van der Waals surface area contributed by atoms with Crippen molar-refractivity contribution in [1.29, 1.82) is 0 Å². The molecule has 0 radical (unpaired) electrons. The minimum absolute atomic E-state index is 0.0268.